The van der Waals surface area contributed by atoms with Gasteiger partial charge in [-0.3, -0.25) is 24.0 Å². The highest BCUT2D eigenvalue weighted by atomic mass is 32.1. The molecular weight excluding hydrogens is 1070 g/mol. The van der Waals surface area contributed by atoms with Gasteiger partial charge in [0, 0.05) is 112 Å². The number of nitrogens with one attached hydrogen (secondary N) is 3. The molecule has 0 spiro atoms. The lowest BCUT2D eigenvalue weighted by Gasteiger charge is -2.37. The number of aromatic amines is 1. The number of ether oxygens (including phenoxy) is 4. The minimum atomic E-state index is -0.911. The minimum Gasteiger partial charge on any atom is -0.494 e. The molecule has 2 fully saturated rings. The van der Waals surface area contributed by atoms with Crippen LogP contribution < -0.4 is 30.6 Å². The van der Waals surface area contributed by atoms with Crippen LogP contribution in [0.5, 0.6) is 11.5 Å². The van der Waals surface area contributed by atoms with E-state index in [4.69, 9.17) is 18.9 Å². The van der Waals surface area contributed by atoms with Crippen molar-refractivity contribution in [3.8, 4) is 33.1 Å². The molecule has 83 heavy (non-hydrogen) atoms. The van der Waals surface area contributed by atoms with E-state index in [-0.39, 0.29) is 67.2 Å². The van der Waals surface area contributed by atoms with Crippen LogP contribution in [0.3, 0.4) is 0 Å². The first-order valence-corrected chi connectivity index (χ1v) is 30.1. The second-order valence-electron chi connectivity index (χ2n) is 22.3. The molecule has 2 aromatic heterocycles. The van der Waals surface area contributed by atoms with Crippen molar-refractivity contribution in [2.75, 3.05) is 57.6 Å². The number of likely N-dealkylation sites (tertiary alicyclic amines) is 1. The van der Waals surface area contributed by atoms with Gasteiger partial charge in [0.15, 0.2) is 0 Å². The van der Waals surface area contributed by atoms with E-state index in [0.717, 1.165) is 98.9 Å². The lowest BCUT2D eigenvalue weighted by atomic mass is 9.95. The highest BCUT2D eigenvalue weighted by molar-refractivity contribution is 7.13. The molecule has 440 valence electrons. The molecule has 0 radical (unpaired) electrons. The number of aliphatic hydroxyl groups excluding tert-OH is 1. The van der Waals surface area contributed by atoms with Crippen molar-refractivity contribution < 1.29 is 43.2 Å². The fourth-order valence-electron chi connectivity index (χ4n) is 11.7. The Morgan fingerprint density at radius 3 is 2.31 bits per heavy atom. The number of carbonyl (C=O) groups is 4. The summed E-state index contributed by atoms with van der Waals surface area (Å²) in [6.45, 7) is 18.3. The first kappa shape index (κ1) is 60.2. The number of rotatable bonds is 25. The quantitative estimate of drug-likeness (QED) is 0.0396. The number of anilines is 1. The van der Waals surface area contributed by atoms with E-state index < -0.39 is 18.2 Å². The van der Waals surface area contributed by atoms with Gasteiger partial charge in [0.25, 0.3) is 17.4 Å². The summed E-state index contributed by atoms with van der Waals surface area (Å²) in [6, 6.07) is 25.8. The second kappa shape index (κ2) is 27.8. The smallest absolute Gasteiger partial charge is 0.255 e. The predicted molar refractivity (Wildman–Crippen MR) is 322 cm³/mol. The summed E-state index contributed by atoms with van der Waals surface area (Å²) < 4.78 is 24.3. The van der Waals surface area contributed by atoms with Gasteiger partial charge < -0.3 is 54.4 Å². The summed E-state index contributed by atoms with van der Waals surface area (Å²) in [7, 11) is 0. The van der Waals surface area contributed by atoms with Gasteiger partial charge in [-0.2, -0.15) is 0 Å². The normalized spacial score (nSPS) is 16.5. The molecule has 6 aromatic rings. The van der Waals surface area contributed by atoms with Crippen LogP contribution in [0.4, 0.5) is 5.69 Å². The van der Waals surface area contributed by atoms with Gasteiger partial charge in [0.2, 0.25) is 11.8 Å². The largest absolute Gasteiger partial charge is 0.494 e. The van der Waals surface area contributed by atoms with Crippen molar-refractivity contribution in [1.29, 1.82) is 0 Å². The summed E-state index contributed by atoms with van der Waals surface area (Å²) >= 11 is 1.54. The van der Waals surface area contributed by atoms with Crippen LogP contribution in [0.25, 0.3) is 21.6 Å². The van der Waals surface area contributed by atoms with Crippen LogP contribution in [-0.2, 0) is 38.7 Å². The van der Waals surface area contributed by atoms with Crippen molar-refractivity contribution in [3.05, 3.63) is 151 Å². The molecule has 4 aromatic carbocycles. The number of H-pyrrole nitrogens is 1. The Hall–Kier alpha value is -7.38. The SMILES string of the molecule is CCN(c1cc(-c2ccc(OCCCCOCCCOc3cc(-c4scnc4C)ccc3CNC(=O)C3C[C@@H](O)CN3C(=O)C(C(C)C)N3Cc4ccccc4C3=O)cc2)cc(C(=O)NCc2c(C)cc(C)[nH]c2=O)c1C)C1CCOCC1. The van der Waals surface area contributed by atoms with Gasteiger partial charge in [-0.1, -0.05) is 56.3 Å². The number of carbonyl (C=O) groups excluding carboxylic acids is 4. The maximum atomic E-state index is 14.3. The molecule has 3 atom stereocenters. The van der Waals surface area contributed by atoms with Crippen molar-refractivity contribution in [2.24, 2.45) is 5.92 Å². The molecule has 2 saturated heterocycles. The van der Waals surface area contributed by atoms with E-state index in [1.165, 1.54) is 4.90 Å². The summed E-state index contributed by atoms with van der Waals surface area (Å²) in [5.41, 5.74) is 12.1. The Morgan fingerprint density at radius 1 is 0.855 bits per heavy atom. The number of pyridine rings is 1. The number of fused-ring (bicyclic) bond motifs is 1. The van der Waals surface area contributed by atoms with Crippen molar-refractivity contribution in [2.45, 2.75) is 131 Å². The van der Waals surface area contributed by atoms with Gasteiger partial charge in [-0.15, -0.1) is 11.3 Å². The molecule has 5 heterocycles. The van der Waals surface area contributed by atoms with Crippen LogP contribution in [0.15, 0.2) is 95.2 Å². The highest BCUT2D eigenvalue weighted by Crippen LogP contribution is 2.36. The first-order chi connectivity index (χ1) is 40.1. The van der Waals surface area contributed by atoms with Gasteiger partial charge >= 0.3 is 0 Å². The fourth-order valence-corrected chi connectivity index (χ4v) is 12.5. The van der Waals surface area contributed by atoms with Crippen LogP contribution >= 0.6 is 11.3 Å². The third-order valence-corrected chi connectivity index (χ3v) is 17.1. The van der Waals surface area contributed by atoms with Gasteiger partial charge in [-0.05, 0) is 142 Å². The average molecular weight is 1150 g/mol. The molecule has 4 N–H and O–H groups in total. The number of nitrogens with zero attached hydrogens (tertiary/aromatic N) is 4. The Bertz CT molecular complexity index is 3320. The third-order valence-electron chi connectivity index (χ3n) is 16.1. The Labute approximate surface area is 490 Å². The standard InChI is InChI=1S/C65H79N7O10S/c1-8-70(50-22-28-80-29-23-50)56-32-49(31-54(43(56)6)61(74)67-36-55-41(4)30-42(5)69-62(55)75)45-18-20-52(21-19-45)81-26-12-11-24-79-25-13-27-82-58-33-46(60-44(7)68-39-83-60)16-17-47(58)35-66-63(76)57-34-51(73)38-71(57)65(78)59(40(2)3)72-37-48-14-9-10-15-53(48)64(72)77/h9-10,14-21,30-33,39-40,50-51,57,59,73H,8,11-13,22-29,34-38H2,1-7H3,(H,66,76)(H,67,74)(H,69,75)/t51-,57?,59?/m1/s1. The fraction of sp³-hybridized carbons (Fsp3) is 0.446. The van der Waals surface area contributed by atoms with Gasteiger partial charge in [0.1, 0.15) is 23.6 Å². The van der Waals surface area contributed by atoms with Crippen molar-refractivity contribution in [3.63, 3.8) is 0 Å². The highest BCUT2D eigenvalue weighted by Gasteiger charge is 2.46. The molecule has 3 aliphatic heterocycles. The number of β-amino-alcohol motifs (C(OH)–C–C–N with tert-alkyl or cyclic N) is 1. The lowest BCUT2D eigenvalue weighted by molar-refractivity contribution is -0.143. The topological polar surface area (TPSA) is 205 Å². The zero-order valence-electron chi connectivity index (χ0n) is 48.9. The molecule has 9 rings (SSSR count). The molecule has 0 saturated carbocycles. The zero-order valence-corrected chi connectivity index (χ0v) is 49.7. The number of hydrogen-bond acceptors (Lipinski definition) is 13. The number of aromatic nitrogens is 2. The maximum Gasteiger partial charge on any atom is 0.255 e. The van der Waals surface area contributed by atoms with E-state index in [2.05, 4.69) is 38.5 Å². The number of benzene rings is 4. The van der Waals surface area contributed by atoms with Crippen LogP contribution in [-0.4, -0.2) is 125 Å². The number of amides is 4. The average Bonchev–Trinajstić information content (AvgIpc) is 3.33. The summed E-state index contributed by atoms with van der Waals surface area (Å²) in [5, 5.41) is 16.9. The number of unbranched alkanes of at least 4 members (excludes halogenated alkanes) is 1. The van der Waals surface area contributed by atoms with Crippen LogP contribution in [0.1, 0.15) is 119 Å². The van der Waals surface area contributed by atoms with E-state index in [9.17, 15) is 29.1 Å². The Kier molecular flexibility index (Phi) is 20.2. The molecule has 0 aliphatic carbocycles. The molecule has 2 unspecified atom stereocenters. The monoisotopic (exact) mass is 1150 g/mol. The Morgan fingerprint density at radius 2 is 1.59 bits per heavy atom. The van der Waals surface area contributed by atoms with Gasteiger partial charge in [-0.25, -0.2) is 4.98 Å². The number of thiazole rings is 1. The number of aryl methyl sites for hydroxylation is 3. The van der Waals surface area contributed by atoms with E-state index in [1.54, 1.807) is 22.3 Å². The maximum absolute atomic E-state index is 14.3. The van der Waals surface area contributed by atoms with Crippen LogP contribution in [0, 0.1) is 33.6 Å². The van der Waals surface area contributed by atoms with E-state index in [0.29, 0.717) is 75.0 Å². The van der Waals surface area contributed by atoms with E-state index >= 15 is 0 Å². The third kappa shape index (κ3) is 14.3. The van der Waals surface area contributed by atoms with Crippen molar-refractivity contribution in [1.82, 2.24) is 30.4 Å². The minimum absolute atomic E-state index is 0.000633. The molecule has 3 aliphatic rings. The van der Waals surface area contributed by atoms with Crippen LogP contribution in [0.2, 0.25) is 0 Å². The molecular formula is C65H79N7O10S. The summed E-state index contributed by atoms with van der Waals surface area (Å²) in [6.07, 6.45) is 3.25. The molecule has 18 heteroatoms. The number of hydrogen-bond donors (Lipinski definition) is 4. The van der Waals surface area contributed by atoms with Crippen molar-refractivity contribution >= 4 is 40.7 Å². The number of aliphatic hydroxyl groups is 1. The zero-order chi connectivity index (χ0) is 58.7. The lowest BCUT2D eigenvalue weighted by Crippen LogP contribution is -2.55. The second-order valence-corrected chi connectivity index (χ2v) is 23.2. The summed E-state index contributed by atoms with van der Waals surface area (Å²) in [5.74, 6) is -0.0656. The van der Waals surface area contributed by atoms with Gasteiger partial charge in [0.05, 0.1) is 35.4 Å². The molecule has 17 nitrogen and oxygen atoms in total. The van der Waals surface area contributed by atoms with E-state index in [1.807, 2.05) is 120 Å². The molecule has 4 amide bonds. The Balaban J connectivity index is 0.754. The first-order valence-electron chi connectivity index (χ1n) is 29.2. The summed E-state index contributed by atoms with van der Waals surface area (Å²) in [4.78, 5) is 82.4. The molecule has 0 bridgehead atoms. The predicted octanol–water partition coefficient (Wildman–Crippen LogP) is 9.24.